The molecule has 0 aromatic heterocycles. The molecule has 1 unspecified atom stereocenters. The molecule has 0 heteroatoms. The third kappa shape index (κ3) is 3.44. The second-order valence-corrected chi connectivity index (χ2v) is 11.5. The topological polar surface area (TPSA) is 0 Å². The molecule has 4 aliphatic rings. The van der Waals surface area contributed by atoms with Gasteiger partial charge in [-0.1, -0.05) is 66.6 Å². The molecule has 27 heavy (non-hydrogen) atoms. The van der Waals surface area contributed by atoms with Crippen molar-refractivity contribution in [2.75, 3.05) is 0 Å². The minimum atomic E-state index is -2.57. The van der Waals surface area contributed by atoms with Gasteiger partial charge in [0.2, 0.25) is 0 Å². The lowest BCUT2D eigenvalue weighted by Crippen LogP contribution is -2.53. The van der Waals surface area contributed by atoms with Crippen LogP contribution in [0.15, 0.2) is 0 Å². The van der Waals surface area contributed by atoms with Crippen LogP contribution in [0.1, 0.15) is 126 Å². The first-order valence-corrected chi connectivity index (χ1v) is 12.2. The lowest BCUT2D eigenvalue weighted by molar-refractivity contribution is -0.114. The number of rotatable bonds is 5. The molecule has 0 heterocycles. The van der Waals surface area contributed by atoms with Gasteiger partial charge in [-0.25, -0.2) is 0 Å². The molecule has 0 amide bonds. The van der Waals surface area contributed by atoms with E-state index >= 15 is 0 Å². The third-order valence-corrected chi connectivity index (χ3v) is 10.4. The molecule has 0 aliphatic heterocycles. The van der Waals surface area contributed by atoms with Crippen molar-refractivity contribution < 1.29 is 8.22 Å². The van der Waals surface area contributed by atoms with Gasteiger partial charge in [0.1, 0.15) is 0 Å². The smallest absolute Gasteiger partial charge is 0.0297 e. The van der Waals surface area contributed by atoms with Crippen molar-refractivity contribution in [2.45, 2.75) is 118 Å². The van der Waals surface area contributed by atoms with Gasteiger partial charge in [0, 0.05) is 8.22 Å². The van der Waals surface area contributed by atoms with Crippen LogP contribution < -0.4 is 0 Å². The van der Waals surface area contributed by atoms with Crippen LogP contribution in [0.25, 0.3) is 0 Å². The van der Waals surface area contributed by atoms with E-state index in [0.29, 0.717) is 29.1 Å². The fraction of sp³-hybridized carbons (Fsp3) is 1.00. The predicted molar refractivity (Wildman–Crippen MR) is 118 cm³/mol. The van der Waals surface area contributed by atoms with Crippen LogP contribution >= 0.6 is 0 Å². The Bertz CT molecular complexity index is 691. The molecule has 0 spiro atoms. The summed E-state index contributed by atoms with van der Waals surface area (Å²) in [4.78, 5) is 0. The van der Waals surface area contributed by atoms with Crippen molar-refractivity contribution in [3.05, 3.63) is 0 Å². The molecular formula is C27H48. The molecule has 4 aliphatic carbocycles. The van der Waals surface area contributed by atoms with E-state index in [-0.39, 0.29) is 6.42 Å². The SMILES string of the molecule is [2H]C([2H])C([2H])(CCC[C@@H](C)[C@H]1CC[C@H]2[C@@H]3CC[C@H]4CCCC[C@]4(C)[C@H]3CC[C@]12C)C([2H])([2H])[2H]. The maximum Gasteiger partial charge on any atom is 0.0297 e. The second kappa shape index (κ2) is 7.68. The minimum Gasteiger partial charge on any atom is -0.0628 e. The van der Waals surface area contributed by atoms with Crippen molar-refractivity contribution in [3.8, 4) is 0 Å². The number of hydrogen-bond acceptors (Lipinski definition) is 0. The normalized spacial score (nSPS) is 54.0. The van der Waals surface area contributed by atoms with Crippen LogP contribution in [0.5, 0.6) is 0 Å². The Morgan fingerprint density at radius 2 is 1.78 bits per heavy atom. The van der Waals surface area contributed by atoms with Crippen molar-refractivity contribution in [3.63, 3.8) is 0 Å². The molecule has 0 N–H and O–H groups in total. The van der Waals surface area contributed by atoms with Crippen molar-refractivity contribution in [2.24, 2.45) is 52.2 Å². The maximum absolute atomic E-state index is 8.32. The minimum absolute atomic E-state index is 0.128. The van der Waals surface area contributed by atoms with Crippen molar-refractivity contribution in [1.29, 1.82) is 0 Å². The number of fused-ring (bicyclic) bond motifs is 5. The molecule has 0 radical (unpaired) electrons. The highest BCUT2D eigenvalue weighted by Gasteiger charge is 2.59. The van der Waals surface area contributed by atoms with E-state index < -0.39 is 19.6 Å². The molecule has 4 rings (SSSR count). The first kappa shape index (κ1) is 14.1. The van der Waals surface area contributed by atoms with E-state index in [2.05, 4.69) is 20.8 Å². The Hall–Kier alpha value is 0. The molecular weight excluding hydrogens is 324 g/mol. The van der Waals surface area contributed by atoms with Gasteiger partial charge in [0.15, 0.2) is 0 Å². The average molecular weight is 379 g/mol. The summed E-state index contributed by atoms with van der Waals surface area (Å²) in [6, 6.07) is 0. The van der Waals surface area contributed by atoms with Gasteiger partial charge in [-0.3, -0.25) is 0 Å². The van der Waals surface area contributed by atoms with Gasteiger partial charge >= 0.3 is 0 Å². The third-order valence-electron chi connectivity index (χ3n) is 10.4. The van der Waals surface area contributed by atoms with Gasteiger partial charge in [-0.15, -0.1) is 0 Å². The molecule has 4 saturated carbocycles. The van der Waals surface area contributed by atoms with Crippen LogP contribution in [0, 0.1) is 52.2 Å². The summed E-state index contributed by atoms with van der Waals surface area (Å²) in [5.41, 5.74) is 0.996. The molecule has 0 saturated heterocycles. The zero-order valence-corrected chi connectivity index (χ0v) is 18.2. The Labute approximate surface area is 179 Å². The lowest BCUT2D eigenvalue weighted by atomic mass is 9.44. The summed E-state index contributed by atoms with van der Waals surface area (Å²) in [6.45, 7) is 3.37. The van der Waals surface area contributed by atoms with E-state index in [9.17, 15) is 0 Å². The van der Waals surface area contributed by atoms with E-state index in [4.69, 9.17) is 8.22 Å². The van der Waals surface area contributed by atoms with Crippen molar-refractivity contribution >= 4 is 0 Å². The molecule has 0 nitrogen and oxygen atoms in total. The van der Waals surface area contributed by atoms with E-state index in [0.717, 1.165) is 30.1 Å². The molecule has 0 bridgehead atoms. The Morgan fingerprint density at radius 3 is 2.59 bits per heavy atom. The van der Waals surface area contributed by atoms with Gasteiger partial charge < -0.3 is 0 Å². The van der Waals surface area contributed by atoms with E-state index in [1.54, 1.807) is 0 Å². The highest BCUT2D eigenvalue weighted by molar-refractivity contribution is 5.09. The van der Waals surface area contributed by atoms with Gasteiger partial charge in [-0.2, -0.15) is 0 Å². The van der Waals surface area contributed by atoms with Crippen LogP contribution in [0.3, 0.4) is 0 Å². The highest BCUT2D eigenvalue weighted by Crippen LogP contribution is 2.68. The van der Waals surface area contributed by atoms with E-state index in [1.165, 1.54) is 64.2 Å². The molecule has 9 atom stereocenters. The van der Waals surface area contributed by atoms with Crippen LogP contribution in [-0.2, 0) is 0 Å². The largest absolute Gasteiger partial charge is 0.0628 e. The van der Waals surface area contributed by atoms with Crippen molar-refractivity contribution in [1.82, 2.24) is 0 Å². The average Bonchev–Trinajstić information content (AvgIpc) is 3.09. The predicted octanol–water partition coefficient (Wildman–Crippen LogP) is 8.50. The quantitative estimate of drug-likeness (QED) is 0.450. The van der Waals surface area contributed by atoms with Gasteiger partial charge in [0.25, 0.3) is 0 Å². The lowest BCUT2D eigenvalue weighted by Gasteiger charge is -2.61. The number of hydrogen-bond donors (Lipinski definition) is 0. The summed E-state index contributed by atoms with van der Waals surface area (Å²) in [6.07, 6.45) is 15.8. The molecule has 4 fully saturated rings. The fourth-order valence-electron chi connectivity index (χ4n) is 9.09. The standard InChI is InChI=1S/C27H48/c1-19(2)9-8-10-20(3)23-14-15-24-22-13-12-21-11-6-7-17-26(21,4)25(22)16-18-27(23,24)5/h19-25H,6-18H2,1-5H3/t20-,21-,22+,23-,24+,25+,26+,27-/m1/s1/i1D2,2D3,19D/t19?,20-,21-,22+,23-,24+,25+,26+,27-. The molecule has 156 valence electrons. The molecule has 0 aromatic rings. The first-order valence-electron chi connectivity index (χ1n) is 15.3. The molecule has 0 aromatic carbocycles. The summed E-state index contributed by atoms with van der Waals surface area (Å²) < 4.78 is 46.8. The van der Waals surface area contributed by atoms with Crippen LogP contribution in [0.2, 0.25) is 0 Å². The zero-order chi connectivity index (χ0) is 24.2. The summed E-state index contributed by atoms with van der Waals surface area (Å²) in [7, 11) is 0. The Balaban J connectivity index is 1.41. The fourth-order valence-corrected chi connectivity index (χ4v) is 9.09. The van der Waals surface area contributed by atoms with Gasteiger partial charge in [-0.05, 0) is 104 Å². The maximum atomic E-state index is 8.32. The Morgan fingerprint density at radius 1 is 0.926 bits per heavy atom. The first-order chi connectivity index (χ1) is 15.3. The monoisotopic (exact) mass is 378 g/mol. The zero-order valence-electron chi connectivity index (χ0n) is 24.2. The van der Waals surface area contributed by atoms with E-state index in [1.807, 2.05) is 0 Å². The summed E-state index contributed by atoms with van der Waals surface area (Å²) in [5.74, 6) is 2.90. The van der Waals surface area contributed by atoms with Crippen LogP contribution in [0.4, 0.5) is 0 Å². The van der Waals surface area contributed by atoms with Gasteiger partial charge in [0.05, 0.1) is 0 Å². The van der Waals surface area contributed by atoms with Crippen LogP contribution in [-0.4, -0.2) is 0 Å². The second-order valence-electron chi connectivity index (χ2n) is 11.5. The highest BCUT2D eigenvalue weighted by atomic mass is 14.6. The summed E-state index contributed by atoms with van der Waals surface area (Å²) >= 11 is 0. The summed E-state index contributed by atoms with van der Waals surface area (Å²) in [5, 5.41) is 0. The Kier molecular flexibility index (Phi) is 4.01.